The monoisotopic (exact) mass is 249 g/mol. The number of amides is 1. The summed E-state index contributed by atoms with van der Waals surface area (Å²) in [6.07, 6.45) is 0.458. The highest BCUT2D eigenvalue weighted by atomic mass is 16.4. The van der Waals surface area contributed by atoms with Crippen molar-refractivity contribution in [3.63, 3.8) is 0 Å². The normalized spacial score (nSPS) is 10.4. The number of nitrogens with zero attached hydrogens (tertiary/aromatic N) is 1. The minimum Gasteiger partial charge on any atom is -0.481 e. The number of anilines is 1. The zero-order chi connectivity index (χ0) is 13.7. The van der Waals surface area contributed by atoms with Gasteiger partial charge in [0, 0.05) is 19.2 Å². The van der Waals surface area contributed by atoms with Gasteiger partial charge >= 0.3 is 5.97 Å². The average Bonchev–Trinajstić information content (AvgIpc) is 2.26. The summed E-state index contributed by atoms with van der Waals surface area (Å²) in [6, 6.07) is 7.07. The first kappa shape index (κ1) is 14.2. The number of benzene rings is 1. The van der Waals surface area contributed by atoms with Crippen molar-refractivity contribution in [2.45, 2.75) is 26.7 Å². The molecule has 98 valence electrons. The lowest BCUT2D eigenvalue weighted by molar-refractivity contribution is -0.136. The quantitative estimate of drug-likeness (QED) is 0.871. The fourth-order valence-corrected chi connectivity index (χ4v) is 1.68. The molecule has 4 heteroatoms. The van der Waals surface area contributed by atoms with Crippen LogP contribution in [0.1, 0.15) is 25.8 Å². The van der Waals surface area contributed by atoms with Gasteiger partial charge in [0.2, 0.25) is 5.91 Å². The van der Waals surface area contributed by atoms with Crippen molar-refractivity contribution in [3.05, 3.63) is 29.8 Å². The van der Waals surface area contributed by atoms with E-state index in [9.17, 15) is 9.59 Å². The molecule has 1 rings (SSSR count). The Morgan fingerprint density at radius 2 is 2.00 bits per heavy atom. The minimum absolute atomic E-state index is 0.0277. The van der Waals surface area contributed by atoms with Crippen LogP contribution in [0.2, 0.25) is 0 Å². The summed E-state index contributed by atoms with van der Waals surface area (Å²) in [5.41, 5.74) is 1.43. The molecule has 0 bridgehead atoms. The highest BCUT2D eigenvalue weighted by Crippen LogP contribution is 2.17. The second kappa shape index (κ2) is 6.19. The van der Waals surface area contributed by atoms with Crippen molar-refractivity contribution in [1.29, 1.82) is 0 Å². The predicted molar refractivity (Wildman–Crippen MR) is 70.6 cm³/mol. The highest BCUT2D eigenvalue weighted by Gasteiger charge is 2.13. The maximum Gasteiger partial charge on any atom is 0.307 e. The first-order chi connectivity index (χ1) is 8.40. The first-order valence-corrected chi connectivity index (χ1v) is 5.97. The number of hydrogen-bond donors (Lipinski definition) is 1. The van der Waals surface area contributed by atoms with Crippen LogP contribution in [0.4, 0.5) is 5.69 Å². The number of rotatable bonds is 5. The van der Waals surface area contributed by atoms with Gasteiger partial charge in [-0.2, -0.15) is 0 Å². The molecule has 0 aliphatic heterocycles. The molecule has 0 spiro atoms. The molecule has 0 unspecified atom stereocenters. The van der Waals surface area contributed by atoms with Crippen LogP contribution in [0.15, 0.2) is 24.3 Å². The Hall–Kier alpha value is -1.84. The van der Waals surface area contributed by atoms with Gasteiger partial charge < -0.3 is 10.0 Å². The van der Waals surface area contributed by atoms with Gasteiger partial charge in [-0.25, -0.2) is 0 Å². The highest BCUT2D eigenvalue weighted by molar-refractivity contribution is 5.93. The van der Waals surface area contributed by atoms with Gasteiger partial charge in [0.25, 0.3) is 0 Å². The molecule has 1 aromatic carbocycles. The smallest absolute Gasteiger partial charge is 0.307 e. The third-order valence-corrected chi connectivity index (χ3v) is 2.61. The molecule has 0 aromatic heterocycles. The molecule has 18 heavy (non-hydrogen) atoms. The summed E-state index contributed by atoms with van der Waals surface area (Å²) >= 11 is 0. The van der Waals surface area contributed by atoms with E-state index in [1.165, 1.54) is 0 Å². The molecule has 4 nitrogen and oxygen atoms in total. The minimum atomic E-state index is -0.872. The fraction of sp³-hybridized carbons (Fsp3) is 0.429. The molecule has 0 heterocycles. The van der Waals surface area contributed by atoms with Crippen LogP contribution >= 0.6 is 0 Å². The maximum atomic E-state index is 11.9. The largest absolute Gasteiger partial charge is 0.481 e. The molecule has 0 aliphatic carbocycles. The number of aliphatic carboxylic acids is 1. The SMILES string of the molecule is CC(C)CC(=O)N(C)c1cccc(CC(=O)O)c1. The Labute approximate surface area is 107 Å². The van der Waals surface area contributed by atoms with Crippen LogP contribution in [0.5, 0.6) is 0 Å². The van der Waals surface area contributed by atoms with Crippen LogP contribution in [0, 0.1) is 5.92 Å². The third kappa shape index (κ3) is 4.20. The molecular formula is C14H19NO3. The Morgan fingerprint density at radius 1 is 1.33 bits per heavy atom. The van der Waals surface area contributed by atoms with E-state index < -0.39 is 5.97 Å². The van der Waals surface area contributed by atoms with E-state index >= 15 is 0 Å². The van der Waals surface area contributed by atoms with Gasteiger partial charge in [-0.3, -0.25) is 9.59 Å². The summed E-state index contributed by atoms with van der Waals surface area (Å²) in [7, 11) is 1.71. The van der Waals surface area contributed by atoms with Crippen molar-refractivity contribution in [1.82, 2.24) is 0 Å². The summed E-state index contributed by atoms with van der Waals surface area (Å²) < 4.78 is 0. The van der Waals surface area contributed by atoms with Gasteiger partial charge in [-0.15, -0.1) is 0 Å². The van der Waals surface area contributed by atoms with Gasteiger partial charge in [-0.1, -0.05) is 26.0 Å². The van der Waals surface area contributed by atoms with Crippen molar-refractivity contribution < 1.29 is 14.7 Å². The number of carbonyl (C=O) groups excluding carboxylic acids is 1. The lowest BCUT2D eigenvalue weighted by Gasteiger charge is -2.19. The van der Waals surface area contributed by atoms with Crippen molar-refractivity contribution in [2.75, 3.05) is 11.9 Å². The number of carboxylic acid groups (broad SMARTS) is 1. The standard InChI is InChI=1S/C14H19NO3/c1-10(2)7-13(16)15(3)12-6-4-5-11(8-12)9-14(17)18/h4-6,8,10H,7,9H2,1-3H3,(H,17,18). The van der Waals surface area contributed by atoms with Gasteiger partial charge in [0.05, 0.1) is 6.42 Å². The second-order valence-electron chi connectivity index (χ2n) is 4.79. The van der Waals surface area contributed by atoms with Crippen molar-refractivity contribution >= 4 is 17.6 Å². The molecule has 0 atom stereocenters. The Kier molecular flexibility index (Phi) is 4.89. The third-order valence-electron chi connectivity index (χ3n) is 2.61. The molecule has 0 saturated carbocycles. The lowest BCUT2D eigenvalue weighted by Crippen LogP contribution is -2.27. The van der Waals surface area contributed by atoms with E-state index in [0.717, 1.165) is 5.69 Å². The molecule has 1 N–H and O–H groups in total. The van der Waals surface area contributed by atoms with Gasteiger partial charge in [0.15, 0.2) is 0 Å². The molecule has 1 aromatic rings. The molecule has 0 saturated heterocycles. The zero-order valence-electron chi connectivity index (χ0n) is 11.0. The molecule has 1 amide bonds. The van der Waals surface area contributed by atoms with E-state index in [2.05, 4.69) is 0 Å². The zero-order valence-corrected chi connectivity index (χ0v) is 11.0. The number of carboxylic acids is 1. The van der Waals surface area contributed by atoms with Crippen LogP contribution in [0.3, 0.4) is 0 Å². The van der Waals surface area contributed by atoms with Crippen LogP contribution in [-0.2, 0) is 16.0 Å². The van der Waals surface area contributed by atoms with Crippen LogP contribution in [0.25, 0.3) is 0 Å². The van der Waals surface area contributed by atoms with Crippen molar-refractivity contribution in [2.24, 2.45) is 5.92 Å². The first-order valence-electron chi connectivity index (χ1n) is 5.97. The summed E-state index contributed by atoms with van der Waals surface area (Å²) in [5.74, 6) is -0.525. The van der Waals surface area contributed by atoms with Crippen LogP contribution < -0.4 is 4.90 Å². The molecular weight excluding hydrogens is 230 g/mol. The molecule has 0 radical (unpaired) electrons. The maximum absolute atomic E-state index is 11.9. The van der Waals surface area contributed by atoms with Gasteiger partial charge in [0.1, 0.15) is 0 Å². The summed E-state index contributed by atoms with van der Waals surface area (Å²) in [4.78, 5) is 24.1. The topological polar surface area (TPSA) is 57.6 Å². The average molecular weight is 249 g/mol. The molecule has 0 aliphatic rings. The van der Waals surface area contributed by atoms with Gasteiger partial charge in [-0.05, 0) is 23.6 Å². The van der Waals surface area contributed by atoms with E-state index in [4.69, 9.17) is 5.11 Å². The van der Waals surface area contributed by atoms with E-state index in [0.29, 0.717) is 17.9 Å². The van der Waals surface area contributed by atoms with E-state index in [1.807, 2.05) is 19.9 Å². The summed E-state index contributed by atoms with van der Waals surface area (Å²) in [5, 5.41) is 8.74. The van der Waals surface area contributed by atoms with Crippen LogP contribution in [-0.4, -0.2) is 24.0 Å². The Morgan fingerprint density at radius 3 is 2.56 bits per heavy atom. The lowest BCUT2D eigenvalue weighted by atomic mass is 10.1. The Bertz CT molecular complexity index is 440. The second-order valence-corrected chi connectivity index (χ2v) is 4.79. The van der Waals surface area contributed by atoms with Crippen molar-refractivity contribution in [3.8, 4) is 0 Å². The summed E-state index contributed by atoms with van der Waals surface area (Å²) in [6.45, 7) is 3.99. The Balaban J connectivity index is 2.82. The van der Waals surface area contributed by atoms with E-state index in [1.54, 1.807) is 30.1 Å². The number of hydrogen-bond acceptors (Lipinski definition) is 2. The predicted octanol–water partition coefficient (Wildman–Crippen LogP) is 2.32. The molecule has 0 fully saturated rings. The fourth-order valence-electron chi connectivity index (χ4n) is 1.68. The van der Waals surface area contributed by atoms with E-state index in [-0.39, 0.29) is 12.3 Å². The number of carbonyl (C=O) groups is 2.